The number of fused-ring (bicyclic) bond motifs is 1. The van der Waals surface area contributed by atoms with Crippen molar-refractivity contribution in [2.45, 2.75) is 39.0 Å². The van der Waals surface area contributed by atoms with Crippen molar-refractivity contribution >= 4 is 22.6 Å². The number of carbonyl (C=O) groups excluding carboxylic acids is 1. The Labute approximate surface area is 158 Å². The molecule has 0 unspecified atom stereocenters. The van der Waals surface area contributed by atoms with Gasteiger partial charge < -0.3 is 20.0 Å². The SMILES string of the molecule is CC(C)(C)c1ccc(OCCCC(=O)Nc2ccc3[nH]c(=O)[nH]c3c2)cc1. The number of hydrogen-bond acceptors (Lipinski definition) is 3. The number of nitrogens with one attached hydrogen (secondary N) is 3. The highest BCUT2D eigenvalue weighted by Crippen LogP contribution is 2.24. The first kappa shape index (κ1) is 18.8. The molecule has 0 fully saturated rings. The lowest BCUT2D eigenvalue weighted by molar-refractivity contribution is -0.116. The Bertz CT molecular complexity index is 978. The number of hydrogen-bond donors (Lipinski definition) is 3. The smallest absolute Gasteiger partial charge is 0.323 e. The van der Waals surface area contributed by atoms with Gasteiger partial charge in [0, 0.05) is 12.1 Å². The van der Waals surface area contributed by atoms with E-state index < -0.39 is 0 Å². The summed E-state index contributed by atoms with van der Waals surface area (Å²) in [5.41, 5.74) is 3.15. The third kappa shape index (κ3) is 5.00. The van der Waals surface area contributed by atoms with Gasteiger partial charge in [-0.3, -0.25) is 4.79 Å². The molecule has 0 aliphatic heterocycles. The van der Waals surface area contributed by atoms with Crippen molar-refractivity contribution in [2.75, 3.05) is 11.9 Å². The molecule has 0 radical (unpaired) electrons. The van der Waals surface area contributed by atoms with Gasteiger partial charge in [-0.2, -0.15) is 0 Å². The van der Waals surface area contributed by atoms with Crippen LogP contribution in [0.2, 0.25) is 0 Å². The summed E-state index contributed by atoms with van der Waals surface area (Å²) in [6, 6.07) is 13.3. The summed E-state index contributed by atoms with van der Waals surface area (Å²) in [6.07, 6.45) is 0.984. The molecule has 142 valence electrons. The third-order valence-corrected chi connectivity index (χ3v) is 4.34. The fourth-order valence-corrected chi connectivity index (χ4v) is 2.81. The first-order valence-electron chi connectivity index (χ1n) is 9.06. The number of rotatable bonds is 6. The van der Waals surface area contributed by atoms with Gasteiger partial charge in [-0.15, -0.1) is 0 Å². The van der Waals surface area contributed by atoms with Gasteiger partial charge in [-0.1, -0.05) is 32.9 Å². The van der Waals surface area contributed by atoms with Crippen molar-refractivity contribution in [2.24, 2.45) is 0 Å². The maximum Gasteiger partial charge on any atom is 0.323 e. The quantitative estimate of drug-likeness (QED) is 0.577. The number of anilines is 1. The molecule has 6 heteroatoms. The molecule has 0 spiro atoms. The van der Waals surface area contributed by atoms with E-state index in [-0.39, 0.29) is 17.0 Å². The maximum absolute atomic E-state index is 12.1. The van der Waals surface area contributed by atoms with Gasteiger partial charge in [-0.05, 0) is 47.7 Å². The van der Waals surface area contributed by atoms with E-state index in [1.165, 1.54) is 5.56 Å². The van der Waals surface area contributed by atoms with Crippen LogP contribution >= 0.6 is 0 Å². The second-order valence-corrected chi connectivity index (χ2v) is 7.61. The molecular weight excluding hydrogens is 342 g/mol. The number of imidazole rings is 1. The summed E-state index contributed by atoms with van der Waals surface area (Å²) < 4.78 is 5.71. The van der Waals surface area contributed by atoms with Crippen LogP contribution in [0.1, 0.15) is 39.2 Å². The molecule has 0 aliphatic rings. The molecule has 27 heavy (non-hydrogen) atoms. The largest absolute Gasteiger partial charge is 0.494 e. The minimum Gasteiger partial charge on any atom is -0.494 e. The zero-order valence-electron chi connectivity index (χ0n) is 15.9. The van der Waals surface area contributed by atoms with Gasteiger partial charge in [0.1, 0.15) is 5.75 Å². The Morgan fingerprint density at radius 2 is 1.74 bits per heavy atom. The first-order chi connectivity index (χ1) is 12.8. The summed E-state index contributed by atoms with van der Waals surface area (Å²) in [4.78, 5) is 28.7. The van der Waals surface area contributed by atoms with Crippen LogP contribution in [0.5, 0.6) is 5.75 Å². The highest BCUT2D eigenvalue weighted by molar-refractivity contribution is 5.92. The highest BCUT2D eigenvalue weighted by atomic mass is 16.5. The Hall–Kier alpha value is -3.02. The minimum atomic E-state index is -0.263. The number of aromatic amines is 2. The zero-order valence-corrected chi connectivity index (χ0v) is 15.9. The van der Waals surface area contributed by atoms with Crippen LogP contribution in [0, 0.1) is 0 Å². The standard InChI is InChI=1S/C21H25N3O3/c1-21(2,3)14-6-9-16(10-7-14)27-12-4-5-19(25)22-15-8-11-17-18(13-15)24-20(26)23-17/h6-11,13H,4-5,12H2,1-3H3,(H,22,25)(H2,23,24,26). The number of amides is 1. The Morgan fingerprint density at radius 3 is 2.44 bits per heavy atom. The van der Waals surface area contributed by atoms with Crippen LogP contribution in [-0.2, 0) is 10.2 Å². The van der Waals surface area contributed by atoms with Gasteiger partial charge in [0.05, 0.1) is 17.6 Å². The van der Waals surface area contributed by atoms with Crippen molar-refractivity contribution in [3.05, 3.63) is 58.5 Å². The van der Waals surface area contributed by atoms with E-state index in [0.29, 0.717) is 36.2 Å². The number of carbonyl (C=O) groups is 1. The van der Waals surface area contributed by atoms with Crippen molar-refractivity contribution in [1.82, 2.24) is 9.97 Å². The van der Waals surface area contributed by atoms with E-state index in [4.69, 9.17) is 4.74 Å². The van der Waals surface area contributed by atoms with Gasteiger partial charge in [-0.25, -0.2) is 4.79 Å². The first-order valence-corrected chi connectivity index (χ1v) is 9.06. The second-order valence-electron chi connectivity index (χ2n) is 7.61. The third-order valence-electron chi connectivity index (χ3n) is 4.34. The van der Waals surface area contributed by atoms with Crippen LogP contribution in [0.4, 0.5) is 5.69 Å². The van der Waals surface area contributed by atoms with Crippen LogP contribution in [-0.4, -0.2) is 22.5 Å². The van der Waals surface area contributed by atoms with Gasteiger partial charge in [0.15, 0.2) is 0 Å². The van der Waals surface area contributed by atoms with Crippen LogP contribution < -0.4 is 15.7 Å². The molecule has 3 aromatic rings. The lowest BCUT2D eigenvalue weighted by Gasteiger charge is -2.19. The molecule has 6 nitrogen and oxygen atoms in total. The highest BCUT2D eigenvalue weighted by Gasteiger charge is 2.13. The predicted molar refractivity (Wildman–Crippen MR) is 107 cm³/mol. The van der Waals surface area contributed by atoms with Crippen molar-refractivity contribution < 1.29 is 9.53 Å². The second kappa shape index (κ2) is 7.70. The van der Waals surface area contributed by atoms with Gasteiger partial charge in [0.25, 0.3) is 0 Å². The lowest BCUT2D eigenvalue weighted by Crippen LogP contribution is -2.13. The number of benzene rings is 2. The normalized spacial score (nSPS) is 11.5. The van der Waals surface area contributed by atoms with Crippen LogP contribution in [0.25, 0.3) is 11.0 Å². The lowest BCUT2D eigenvalue weighted by atomic mass is 9.87. The molecule has 0 bridgehead atoms. The zero-order chi connectivity index (χ0) is 19.4. The minimum absolute atomic E-state index is 0.0843. The van der Waals surface area contributed by atoms with Crippen molar-refractivity contribution in [1.29, 1.82) is 0 Å². The van der Waals surface area contributed by atoms with Crippen LogP contribution in [0.3, 0.4) is 0 Å². The van der Waals surface area contributed by atoms with E-state index >= 15 is 0 Å². The average molecular weight is 367 g/mol. The van der Waals surface area contributed by atoms with E-state index in [1.54, 1.807) is 18.2 Å². The molecule has 0 aliphatic carbocycles. The average Bonchev–Trinajstić information content (AvgIpc) is 2.97. The summed E-state index contributed by atoms with van der Waals surface area (Å²) in [5.74, 6) is 0.726. The fourth-order valence-electron chi connectivity index (χ4n) is 2.81. The maximum atomic E-state index is 12.1. The van der Waals surface area contributed by atoms with Crippen molar-refractivity contribution in [3.8, 4) is 5.75 Å². The molecule has 0 atom stereocenters. The van der Waals surface area contributed by atoms with E-state index in [1.807, 2.05) is 12.1 Å². The van der Waals surface area contributed by atoms with Gasteiger partial charge in [0.2, 0.25) is 5.91 Å². The molecule has 1 heterocycles. The molecule has 1 aromatic heterocycles. The van der Waals surface area contributed by atoms with E-state index in [0.717, 1.165) is 5.75 Å². The summed E-state index contributed by atoms with van der Waals surface area (Å²) in [6.45, 7) is 7.00. The molecule has 1 amide bonds. The summed E-state index contributed by atoms with van der Waals surface area (Å²) >= 11 is 0. The monoisotopic (exact) mass is 367 g/mol. The van der Waals surface area contributed by atoms with E-state index in [9.17, 15) is 9.59 Å². The summed E-state index contributed by atoms with van der Waals surface area (Å²) in [7, 11) is 0. The number of ether oxygens (including phenoxy) is 1. The number of H-pyrrole nitrogens is 2. The Balaban J connectivity index is 1.44. The van der Waals surface area contributed by atoms with Crippen molar-refractivity contribution in [3.63, 3.8) is 0 Å². The van der Waals surface area contributed by atoms with Crippen LogP contribution in [0.15, 0.2) is 47.3 Å². The molecule has 3 rings (SSSR count). The Kier molecular flexibility index (Phi) is 5.35. The Morgan fingerprint density at radius 1 is 1.04 bits per heavy atom. The molecule has 2 aromatic carbocycles. The molecule has 0 saturated heterocycles. The summed E-state index contributed by atoms with van der Waals surface area (Å²) in [5, 5.41) is 2.84. The number of aromatic nitrogens is 2. The predicted octanol–water partition coefficient (Wildman–Crippen LogP) is 3.95. The molecular formula is C21H25N3O3. The van der Waals surface area contributed by atoms with E-state index in [2.05, 4.69) is 48.2 Å². The topological polar surface area (TPSA) is 87.0 Å². The van der Waals surface area contributed by atoms with Gasteiger partial charge >= 0.3 is 5.69 Å². The molecule has 3 N–H and O–H groups in total. The molecule has 0 saturated carbocycles. The fraction of sp³-hybridized carbons (Fsp3) is 0.333.